The molecule has 16 heavy (non-hydrogen) atoms. The maximum Gasteiger partial charge on any atom is 0.323 e. The van der Waals surface area contributed by atoms with E-state index in [0.29, 0.717) is 6.54 Å². The zero-order chi connectivity index (χ0) is 12.0. The summed E-state index contributed by atoms with van der Waals surface area (Å²) in [5.41, 5.74) is 3.94. The maximum absolute atomic E-state index is 11.1. The number of hydrogen-bond donors (Lipinski definition) is 3. The molecule has 0 aliphatic heterocycles. The minimum Gasteiger partial charge on any atom is -0.344 e. The van der Waals surface area contributed by atoms with Gasteiger partial charge in [-0.15, -0.1) is 0 Å². The minimum absolute atomic E-state index is 0.316. The first-order valence-corrected chi connectivity index (χ1v) is 5.04. The van der Waals surface area contributed by atoms with E-state index >= 15 is 0 Å². The second-order valence-electron chi connectivity index (χ2n) is 3.33. The van der Waals surface area contributed by atoms with Crippen LogP contribution in [0.3, 0.4) is 0 Å². The van der Waals surface area contributed by atoms with Crippen LogP contribution in [-0.2, 0) is 22.6 Å². The molecule has 0 bridgehead atoms. The van der Waals surface area contributed by atoms with E-state index in [4.69, 9.17) is 5.84 Å². The standard InChI is InChI=1S/C11H15N3O2/c1-2-8-3-5-9(6-4-8)7-13-10(15)11(16)14-12/h3-6H,2,7,12H2,1H3,(H,13,15)(H,14,16). The molecule has 0 saturated heterocycles. The van der Waals surface area contributed by atoms with Gasteiger partial charge in [0.25, 0.3) is 0 Å². The summed E-state index contributed by atoms with van der Waals surface area (Å²) in [4.78, 5) is 21.9. The molecule has 4 N–H and O–H groups in total. The number of hydrogen-bond acceptors (Lipinski definition) is 3. The second kappa shape index (κ2) is 5.87. The van der Waals surface area contributed by atoms with Crippen LogP contribution in [-0.4, -0.2) is 11.8 Å². The maximum atomic E-state index is 11.1. The Hall–Kier alpha value is -1.88. The van der Waals surface area contributed by atoms with Crippen LogP contribution in [0, 0.1) is 0 Å². The molecular formula is C11H15N3O2. The van der Waals surface area contributed by atoms with E-state index in [1.807, 2.05) is 24.3 Å². The number of aryl methyl sites for hydroxylation is 1. The molecule has 5 nitrogen and oxygen atoms in total. The van der Waals surface area contributed by atoms with Gasteiger partial charge in [-0.25, -0.2) is 5.84 Å². The van der Waals surface area contributed by atoms with Gasteiger partial charge in [-0.2, -0.15) is 0 Å². The normalized spacial score (nSPS) is 9.62. The Labute approximate surface area is 94.0 Å². The average Bonchev–Trinajstić information content (AvgIpc) is 2.35. The SMILES string of the molecule is CCc1ccc(CNC(=O)C(=O)NN)cc1. The third-order valence-electron chi connectivity index (χ3n) is 2.22. The van der Waals surface area contributed by atoms with E-state index < -0.39 is 11.8 Å². The number of nitrogens with one attached hydrogen (secondary N) is 2. The Bertz CT molecular complexity index is 373. The topological polar surface area (TPSA) is 84.2 Å². The second-order valence-corrected chi connectivity index (χ2v) is 3.33. The van der Waals surface area contributed by atoms with Crippen molar-refractivity contribution in [3.8, 4) is 0 Å². The molecule has 0 fully saturated rings. The summed E-state index contributed by atoms with van der Waals surface area (Å²) >= 11 is 0. The van der Waals surface area contributed by atoms with Crippen molar-refractivity contribution >= 4 is 11.8 Å². The fourth-order valence-corrected chi connectivity index (χ4v) is 1.22. The van der Waals surface area contributed by atoms with Crippen molar-refractivity contribution in [3.63, 3.8) is 0 Å². The van der Waals surface area contributed by atoms with Gasteiger partial charge in [0.15, 0.2) is 0 Å². The molecule has 1 aromatic carbocycles. The zero-order valence-corrected chi connectivity index (χ0v) is 9.12. The van der Waals surface area contributed by atoms with Crippen LogP contribution in [0.15, 0.2) is 24.3 Å². The summed E-state index contributed by atoms with van der Waals surface area (Å²) < 4.78 is 0. The van der Waals surface area contributed by atoms with E-state index in [0.717, 1.165) is 12.0 Å². The summed E-state index contributed by atoms with van der Waals surface area (Å²) in [6.45, 7) is 2.39. The summed E-state index contributed by atoms with van der Waals surface area (Å²) in [7, 11) is 0. The van der Waals surface area contributed by atoms with Gasteiger partial charge in [-0.1, -0.05) is 31.2 Å². The van der Waals surface area contributed by atoms with Crippen molar-refractivity contribution in [1.82, 2.24) is 10.7 Å². The van der Waals surface area contributed by atoms with E-state index in [9.17, 15) is 9.59 Å². The molecule has 0 atom stereocenters. The Morgan fingerprint density at radius 1 is 1.12 bits per heavy atom. The van der Waals surface area contributed by atoms with Gasteiger partial charge in [0.1, 0.15) is 0 Å². The zero-order valence-electron chi connectivity index (χ0n) is 9.12. The van der Waals surface area contributed by atoms with Crippen LogP contribution in [0.5, 0.6) is 0 Å². The number of amides is 2. The summed E-state index contributed by atoms with van der Waals surface area (Å²) in [6, 6.07) is 7.81. The third kappa shape index (κ3) is 3.36. The molecule has 0 aliphatic rings. The largest absolute Gasteiger partial charge is 0.344 e. The van der Waals surface area contributed by atoms with E-state index in [2.05, 4.69) is 12.2 Å². The van der Waals surface area contributed by atoms with E-state index in [1.165, 1.54) is 5.56 Å². The summed E-state index contributed by atoms with van der Waals surface area (Å²) in [5.74, 6) is 3.24. The molecule has 0 aliphatic carbocycles. The highest BCUT2D eigenvalue weighted by atomic mass is 16.2. The number of rotatable bonds is 3. The Balaban J connectivity index is 2.48. The predicted molar refractivity (Wildman–Crippen MR) is 60.0 cm³/mol. The monoisotopic (exact) mass is 221 g/mol. The van der Waals surface area contributed by atoms with Gasteiger partial charge >= 0.3 is 11.8 Å². The molecule has 0 saturated carbocycles. The van der Waals surface area contributed by atoms with Gasteiger partial charge in [-0.05, 0) is 17.5 Å². The average molecular weight is 221 g/mol. The molecule has 0 unspecified atom stereocenters. The predicted octanol–water partition coefficient (Wildman–Crippen LogP) is -0.145. The fourth-order valence-electron chi connectivity index (χ4n) is 1.22. The van der Waals surface area contributed by atoms with Gasteiger partial charge in [0.2, 0.25) is 0 Å². The molecule has 0 radical (unpaired) electrons. The molecule has 5 heteroatoms. The van der Waals surface area contributed by atoms with Crippen LogP contribution >= 0.6 is 0 Å². The number of hydrazine groups is 1. The molecule has 0 heterocycles. The first-order chi connectivity index (χ1) is 7.67. The van der Waals surface area contributed by atoms with Gasteiger partial charge in [0.05, 0.1) is 0 Å². The third-order valence-corrected chi connectivity index (χ3v) is 2.22. The number of benzene rings is 1. The highest BCUT2D eigenvalue weighted by molar-refractivity contribution is 6.34. The van der Waals surface area contributed by atoms with Crippen molar-refractivity contribution in [2.75, 3.05) is 0 Å². The molecule has 0 spiro atoms. The van der Waals surface area contributed by atoms with Gasteiger partial charge < -0.3 is 5.32 Å². The van der Waals surface area contributed by atoms with Crippen LogP contribution in [0.2, 0.25) is 0 Å². The van der Waals surface area contributed by atoms with Crippen molar-refractivity contribution < 1.29 is 9.59 Å². The van der Waals surface area contributed by atoms with Crippen LogP contribution in [0.25, 0.3) is 0 Å². The summed E-state index contributed by atoms with van der Waals surface area (Å²) in [5, 5.41) is 2.46. The lowest BCUT2D eigenvalue weighted by molar-refractivity contribution is -0.139. The van der Waals surface area contributed by atoms with Crippen molar-refractivity contribution in [1.29, 1.82) is 0 Å². The Kier molecular flexibility index (Phi) is 4.47. The van der Waals surface area contributed by atoms with Crippen molar-refractivity contribution in [2.45, 2.75) is 19.9 Å². The van der Waals surface area contributed by atoms with Crippen LogP contribution < -0.4 is 16.6 Å². The lowest BCUT2D eigenvalue weighted by atomic mass is 10.1. The smallest absolute Gasteiger partial charge is 0.323 e. The van der Waals surface area contributed by atoms with Crippen molar-refractivity contribution in [2.24, 2.45) is 5.84 Å². The molecule has 1 rings (SSSR count). The molecular weight excluding hydrogens is 206 g/mol. The molecule has 86 valence electrons. The van der Waals surface area contributed by atoms with Gasteiger partial charge in [0, 0.05) is 6.54 Å². The first kappa shape index (κ1) is 12.2. The lowest BCUT2D eigenvalue weighted by Crippen LogP contribution is -2.42. The number of nitrogens with two attached hydrogens (primary N) is 1. The minimum atomic E-state index is -0.842. The number of carbonyl (C=O) groups is 2. The van der Waals surface area contributed by atoms with Crippen LogP contribution in [0.4, 0.5) is 0 Å². The van der Waals surface area contributed by atoms with Crippen LogP contribution in [0.1, 0.15) is 18.1 Å². The lowest BCUT2D eigenvalue weighted by Gasteiger charge is -2.04. The molecule has 0 aromatic heterocycles. The summed E-state index contributed by atoms with van der Waals surface area (Å²) in [6.07, 6.45) is 0.974. The highest BCUT2D eigenvalue weighted by Crippen LogP contribution is 2.04. The quantitative estimate of drug-likeness (QED) is 0.287. The Morgan fingerprint density at radius 2 is 1.69 bits per heavy atom. The Morgan fingerprint density at radius 3 is 2.19 bits per heavy atom. The van der Waals surface area contributed by atoms with E-state index in [-0.39, 0.29) is 0 Å². The van der Waals surface area contributed by atoms with Crippen molar-refractivity contribution in [3.05, 3.63) is 35.4 Å². The fraction of sp³-hybridized carbons (Fsp3) is 0.273. The van der Waals surface area contributed by atoms with Gasteiger partial charge in [-0.3, -0.25) is 15.0 Å². The van der Waals surface area contributed by atoms with E-state index in [1.54, 1.807) is 5.43 Å². The first-order valence-electron chi connectivity index (χ1n) is 5.04. The highest BCUT2D eigenvalue weighted by Gasteiger charge is 2.10. The molecule has 2 amide bonds. The number of carbonyl (C=O) groups excluding carboxylic acids is 2. The molecule has 1 aromatic rings.